The highest BCUT2D eigenvalue weighted by atomic mass is 16.5. The van der Waals surface area contributed by atoms with Gasteiger partial charge in [-0.25, -0.2) is 0 Å². The minimum Gasteiger partial charge on any atom is -0.334 e. The predicted molar refractivity (Wildman–Crippen MR) is 47.3 cm³/mol. The summed E-state index contributed by atoms with van der Waals surface area (Å²) in [5.41, 5.74) is 0.747. The number of carbonyl (C=O) groups is 1. The van der Waals surface area contributed by atoms with Crippen molar-refractivity contribution in [1.82, 2.24) is 15.1 Å². The lowest BCUT2D eigenvalue weighted by atomic mass is 10.3. The number of rotatable bonds is 3. The molecule has 0 fully saturated rings. The molecule has 0 aliphatic heterocycles. The molecule has 0 radical (unpaired) electrons. The maximum absolute atomic E-state index is 10.2. The number of carbonyl (C=O) groups excluding carboxylic acids is 1. The molecule has 0 bridgehead atoms. The van der Waals surface area contributed by atoms with Gasteiger partial charge >= 0.3 is 0 Å². The summed E-state index contributed by atoms with van der Waals surface area (Å²) in [6.07, 6.45) is 4.19. The minimum absolute atomic E-state index is 0.170. The van der Waals surface area contributed by atoms with Crippen LogP contribution in [-0.4, -0.2) is 21.4 Å². The molecule has 0 saturated heterocycles. The summed E-state index contributed by atoms with van der Waals surface area (Å²) in [5, 5.41) is 3.64. The van der Waals surface area contributed by atoms with E-state index in [9.17, 15) is 4.79 Å². The lowest BCUT2D eigenvalue weighted by molar-refractivity contribution is -0.107. The number of nitrogens with zero attached hydrogens (tertiary/aromatic N) is 3. The van der Waals surface area contributed by atoms with Crippen molar-refractivity contribution < 1.29 is 9.32 Å². The van der Waals surface area contributed by atoms with Crippen LogP contribution in [0.25, 0.3) is 11.5 Å². The first-order chi connectivity index (χ1) is 6.90. The average molecular weight is 189 g/mol. The first kappa shape index (κ1) is 8.55. The molecule has 0 aliphatic rings. The summed E-state index contributed by atoms with van der Waals surface area (Å²) in [6.45, 7) is 0. The fourth-order valence-electron chi connectivity index (χ4n) is 1.02. The Morgan fingerprint density at radius 2 is 2.43 bits per heavy atom. The summed E-state index contributed by atoms with van der Waals surface area (Å²) in [7, 11) is 0. The lowest BCUT2D eigenvalue weighted by Crippen LogP contribution is -1.87. The van der Waals surface area contributed by atoms with Gasteiger partial charge in [-0.3, -0.25) is 4.98 Å². The molecule has 2 rings (SSSR count). The van der Waals surface area contributed by atoms with Crippen molar-refractivity contribution in [1.29, 1.82) is 0 Å². The Morgan fingerprint density at radius 3 is 3.14 bits per heavy atom. The van der Waals surface area contributed by atoms with Crippen molar-refractivity contribution >= 4 is 6.29 Å². The maximum atomic E-state index is 10.2. The van der Waals surface area contributed by atoms with Gasteiger partial charge in [0.05, 0.1) is 12.0 Å². The Bertz CT molecular complexity index is 425. The van der Waals surface area contributed by atoms with Crippen molar-refractivity contribution in [2.45, 2.75) is 6.42 Å². The molecule has 0 saturated carbocycles. The van der Waals surface area contributed by atoms with Crippen LogP contribution in [0.5, 0.6) is 0 Å². The normalized spacial score (nSPS) is 10.0. The third kappa shape index (κ3) is 1.66. The van der Waals surface area contributed by atoms with Gasteiger partial charge in [-0.15, -0.1) is 0 Å². The number of hydrogen-bond acceptors (Lipinski definition) is 5. The van der Waals surface area contributed by atoms with Gasteiger partial charge in [0.25, 0.3) is 5.89 Å². The van der Waals surface area contributed by atoms with Gasteiger partial charge in [-0.2, -0.15) is 4.98 Å². The van der Waals surface area contributed by atoms with Gasteiger partial charge in [-0.05, 0) is 12.1 Å². The Balaban J connectivity index is 2.29. The van der Waals surface area contributed by atoms with Crippen LogP contribution in [0, 0.1) is 0 Å². The summed E-state index contributed by atoms with van der Waals surface area (Å²) in [6, 6.07) is 3.59. The van der Waals surface area contributed by atoms with E-state index in [0.717, 1.165) is 11.8 Å². The molecule has 5 nitrogen and oxygen atoms in total. The van der Waals surface area contributed by atoms with Gasteiger partial charge in [0, 0.05) is 12.4 Å². The van der Waals surface area contributed by atoms with E-state index >= 15 is 0 Å². The first-order valence-electron chi connectivity index (χ1n) is 4.07. The Labute approximate surface area is 79.8 Å². The molecule has 14 heavy (non-hydrogen) atoms. The zero-order valence-corrected chi connectivity index (χ0v) is 7.25. The summed E-state index contributed by atoms with van der Waals surface area (Å²) in [5.74, 6) is 0.772. The van der Waals surface area contributed by atoms with Gasteiger partial charge in [0.1, 0.15) is 6.29 Å². The molecule has 70 valence electrons. The van der Waals surface area contributed by atoms with E-state index < -0.39 is 0 Å². The van der Waals surface area contributed by atoms with Crippen LogP contribution >= 0.6 is 0 Å². The number of aromatic nitrogens is 3. The second-order valence-electron chi connectivity index (χ2n) is 2.63. The molecule has 0 N–H and O–H groups in total. The van der Waals surface area contributed by atoms with Crippen molar-refractivity contribution in [3.63, 3.8) is 0 Å². The zero-order valence-electron chi connectivity index (χ0n) is 7.25. The topological polar surface area (TPSA) is 68.9 Å². The van der Waals surface area contributed by atoms with E-state index in [2.05, 4.69) is 15.1 Å². The van der Waals surface area contributed by atoms with E-state index in [1.165, 1.54) is 0 Å². The van der Waals surface area contributed by atoms with Gasteiger partial charge < -0.3 is 9.32 Å². The largest absolute Gasteiger partial charge is 0.334 e. The van der Waals surface area contributed by atoms with Gasteiger partial charge in [0.15, 0.2) is 5.82 Å². The highest BCUT2D eigenvalue weighted by Crippen LogP contribution is 2.14. The number of hydrogen-bond donors (Lipinski definition) is 0. The maximum Gasteiger partial charge on any atom is 0.259 e. The highest BCUT2D eigenvalue weighted by Gasteiger charge is 2.07. The Morgan fingerprint density at radius 1 is 1.50 bits per heavy atom. The van der Waals surface area contributed by atoms with Crippen LogP contribution in [0.1, 0.15) is 5.82 Å². The Kier molecular flexibility index (Phi) is 2.31. The molecule has 5 heteroatoms. The quantitative estimate of drug-likeness (QED) is 0.670. The van der Waals surface area contributed by atoms with Crippen molar-refractivity contribution in [2.75, 3.05) is 0 Å². The third-order valence-electron chi connectivity index (χ3n) is 1.64. The van der Waals surface area contributed by atoms with Gasteiger partial charge in [-0.1, -0.05) is 5.16 Å². The molecule has 0 amide bonds. The standard InChI is InChI=1S/C9H7N3O2/c13-5-3-8-11-9(14-12-8)7-2-1-4-10-6-7/h1-2,4-6H,3H2. The SMILES string of the molecule is O=CCc1noc(-c2cccnc2)n1. The van der Waals surface area contributed by atoms with E-state index in [0.29, 0.717) is 11.7 Å². The summed E-state index contributed by atoms with van der Waals surface area (Å²) in [4.78, 5) is 18.1. The van der Waals surface area contributed by atoms with E-state index in [-0.39, 0.29) is 6.42 Å². The first-order valence-corrected chi connectivity index (χ1v) is 4.07. The second-order valence-corrected chi connectivity index (χ2v) is 2.63. The van der Waals surface area contributed by atoms with Crippen LogP contribution in [0.3, 0.4) is 0 Å². The van der Waals surface area contributed by atoms with Crippen molar-refractivity contribution in [3.05, 3.63) is 30.4 Å². The minimum atomic E-state index is 0.170. The van der Waals surface area contributed by atoms with Crippen LogP contribution in [0.4, 0.5) is 0 Å². The predicted octanol–water partition coefficient (Wildman–Crippen LogP) is 0.873. The number of aldehydes is 1. The van der Waals surface area contributed by atoms with Crippen LogP contribution in [0.2, 0.25) is 0 Å². The van der Waals surface area contributed by atoms with E-state index in [1.807, 2.05) is 6.07 Å². The molecule has 2 aromatic heterocycles. The fourth-order valence-corrected chi connectivity index (χ4v) is 1.02. The monoisotopic (exact) mass is 189 g/mol. The van der Waals surface area contributed by atoms with Crippen molar-refractivity contribution in [2.24, 2.45) is 0 Å². The number of pyridine rings is 1. The lowest BCUT2D eigenvalue weighted by Gasteiger charge is -1.89. The molecular weight excluding hydrogens is 182 g/mol. The van der Waals surface area contributed by atoms with Crippen LogP contribution in [0.15, 0.2) is 29.0 Å². The average Bonchev–Trinajstić information content (AvgIpc) is 2.68. The fraction of sp³-hybridized carbons (Fsp3) is 0.111. The second kappa shape index (κ2) is 3.78. The molecule has 2 heterocycles. The molecule has 0 aliphatic carbocycles. The molecule has 0 unspecified atom stereocenters. The third-order valence-corrected chi connectivity index (χ3v) is 1.64. The summed E-state index contributed by atoms with van der Waals surface area (Å²) < 4.78 is 4.94. The van der Waals surface area contributed by atoms with Crippen LogP contribution < -0.4 is 0 Å². The van der Waals surface area contributed by atoms with Crippen LogP contribution in [-0.2, 0) is 11.2 Å². The van der Waals surface area contributed by atoms with E-state index in [1.54, 1.807) is 18.5 Å². The Hall–Kier alpha value is -2.04. The van der Waals surface area contributed by atoms with E-state index in [4.69, 9.17) is 4.52 Å². The molecule has 0 atom stereocenters. The van der Waals surface area contributed by atoms with Gasteiger partial charge in [0.2, 0.25) is 0 Å². The molecular formula is C9H7N3O2. The smallest absolute Gasteiger partial charge is 0.259 e. The molecule has 0 spiro atoms. The highest BCUT2D eigenvalue weighted by molar-refractivity contribution is 5.54. The molecule has 2 aromatic rings. The van der Waals surface area contributed by atoms with Crippen molar-refractivity contribution in [3.8, 4) is 11.5 Å². The summed E-state index contributed by atoms with van der Waals surface area (Å²) >= 11 is 0. The zero-order chi connectivity index (χ0) is 9.80. The molecule has 0 aromatic carbocycles.